The maximum atomic E-state index is 9.07. The van der Waals surface area contributed by atoms with Crippen molar-refractivity contribution in [1.29, 1.82) is 0 Å². The minimum Gasteiger partial charge on any atom is -0.208 e. The summed E-state index contributed by atoms with van der Waals surface area (Å²) in [4.78, 5) is 15.1. The van der Waals surface area contributed by atoms with Crippen LogP contribution in [0.2, 0.25) is 0 Å². The van der Waals surface area contributed by atoms with Gasteiger partial charge in [-0.2, -0.15) is 0 Å². The summed E-state index contributed by atoms with van der Waals surface area (Å²) in [6, 6.07) is 49.5. The Bertz CT molecular complexity index is 3390. The highest BCUT2D eigenvalue weighted by Crippen LogP contribution is 2.38. The maximum Gasteiger partial charge on any atom is 0.164 e. The zero-order valence-electron chi connectivity index (χ0n) is 35.9. The molecule has 1 heterocycles. The monoisotopic (exact) mass is 694 g/mol. The molecule has 9 aromatic carbocycles. The zero-order chi connectivity index (χ0) is 41.9. The molecule has 0 N–H and O–H groups in total. The molecular formula is C51H33N3. The summed E-state index contributed by atoms with van der Waals surface area (Å²) < 4.78 is 60.7. The van der Waals surface area contributed by atoms with Crippen molar-refractivity contribution in [3.8, 4) is 67.5 Å². The number of hydrogen-bond donors (Lipinski definition) is 0. The standard InChI is InChI=1S/C51H33N3/c1-3-13-34(14-4-1)37-25-26-39-30-43(28-27-38(39)29-37)51-53-49(36-16-5-2-6-17-36)52-50(54-51)42-21-11-20-41(31-42)48-33-44(32-40-18-8-10-23-46(40)48)47-24-12-19-35-15-7-9-22-45(35)47/h1-33H/i7D,9D,12D,15D,19D,22D,24D. The van der Waals surface area contributed by atoms with Crippen LogP contribution in [-0.2, 0) is 0 Å². The van der Waals surface area contributed by atoms with Gasteiger partial charge in [-0.1, -0.05) is 170 Å². The first kappa shape index (κ1) is 24.9. The number of rotatable bonds is 6. The Hall–Kier alpha value is -7.23. The van der Waals surface area contributed by atoms with E-state index in [-0.39, 0.29) is 28.4 Å². The van der Waals surface area contributed by atoms with Crippen LogP contribution in [0.3, 0.4) is 0 Å². The van der Waals surface area contributed by atoms with Gasteiger partial charge in [0, 0.05) is 16.7 Å². The van der Waals surface area contributed by atoms with E-state index in [0.717, 1.165) is 60.5 Å². The molecular weight excluding hydrogens is 655 g/mol. The third kappa shape index (κ3) is 5.88. The molecule has 0 atom stereocenters. The Morgan fingerprint density at radius 3 is 1.67 bits per heavy atom. The second-order valence-corrected chi connectivity index (χ2v) is 13.1. The molecule has 0 unspecified atom stereocenters. The van der Waals surface area contributed by atoms with Gasteiger partial charge in [0.25, 0.3) is 0 Å². The van der Waals surface area contributed by atoms with Crippen molar-refractivity contribution < 1.29 is 9.60 Å². The minimum atomic E-state index is -0.486. The average Bonchev–Trinajstić information content (AvgIpc) is 3.31. The van der Waals surface area contributed by atoms with Gasteiger partial charge in [-0.15, -0.1) is 0 Å². The van der Waals surface area contributed by atoms with Gasteiger partial charge in [0.1, 0.15) is 0 Å². The Morgan fingerprint density at radius 2 is 0.870 bits per heavy atom. The van der Waals surface area contributed by atoms with Crippen LogP contribution in [-0.4, -0.2) is 15.0 Å². The van der Waals surface area contributed by atoms with E-state index < -0.39 is 30.2 Å². The summed E-state index contributed by atoms with van der Waals surface area (Å²) in [7, 11) is 0. The number of hydrogen-bond acceptors (Lipinski definition) is 3. The van der Waals surface area contributed by atoms with Gasteiger partial charge in [0.15, 0.2) is 17.5 Å². The van der Waals surface area contributed by atoms with E-state index in [1.54, 1.807) is 0 Å². The fourth-order valence-electron chi connectivity index (χ4n) is 7.09. The molecule has 10 rings (SSSR count). The first-order valence-corrected chi connectivity index (χ1v) is 17.7. The first-order valence-electron chi connectivity index (χ1n) is 21.2. The first-order chi connectivity index (χ1) is 29.6. The molecule has 0 bridgehead atoms. The summed E-state index contributed by atoms with van der Waals surface area (Å²) in [6.07, 6.45) is 0. The van der Waals surface area contributed by atoms with E-state index in [2.05, 4.69) is 42.5 Å². The fourth-order valence-corrected chi connectivity index (χ4v) is 7.09. The summed E-state index contributed by atoms with van der Waals surface area (Å²) in [5, 5.41) is 3.87. The molecule has 10 aromatic rings. The van der Waals surface area contributed by atoms with Gasteiger partial charge in [-0.25, -0.2) is 15.0 Å². The van der Waals surface area contributed by atoms with E-state index in [1.165, 1.54) is 0 Å². The van der Waals surface area contributed by atoms with Gasteiger partial charge in [-0.3, -0.25) is 0 Å². The van der Waals surface area contributed by atoms with E-state index in [4.69, 9.17) is 24.5 Å². The van der Waals surface area contributed by atoms with Crippen molar-refractivity contribution in [2.45, 2.75) is 0 Å². The summed E-state index contributed by atoms with van der Waals surface area (Å²) >= 11 is 0. The SMILES string of the molecule is [2H]c1c([2H])c([2H])c2c(-c3cc(-c4cccc(-c5nc(-c6ccccc6)nc(-c6ccc7cc(-c8ccccc8)ccc7c6)n5)c4)c4ccccc4c3)c([2H])c([2H])c([2H])c2c1[2H]. The molecule has 0 aliphatic carbocycles. The Morgan fingerprint density at radius 1 is 0.296 bits per heavy atom. The number of nitrogens with zero attached hydrogens (tertiary/aromatic N) is 3. The van der Waals surface area contributed by atoms with Gasteiger partial charge in [-0.05, 0) is 96.0 Å². The van der Waals surface area contributed by atoms with Crippen LogP contribution in [0, 0.1) is 0 Å². The molecule has 0 amide bonds. The second-order valence-electron chi connectivity index (χ2n) is 13.1. The lowest BCUT2D eigenvalue weighted by Gasteiger charge is -2.14. The van der Waals surface area contributed by atoms with Crippen LogP contribution in [0.5, 0.6) is 0 Å². The molecule has 0 aliphatic heterocycles. The summed E-state index contributed by atoms with van der Waals surface area (Å²) in [5.41, 5.74) is 7.02. The van der Waals surface area contributed by atoms with E-state index >= 15 is 0 Å². The molecule has 1 aromatic heterocycles. The van der Waals surface area contributed by atoms with Crippen molar-refractivity contribution >= 4 is 32.3 Å². The third-order valence-electron chi connectivity index (χ3n) is 9.77. The highest BCUT2D eigenvalue weighted by atomic mass is 15.0. The molecule has 252 valence electrons. The number of fused-ring (bicyclic) bond motifs is 3. The van der Waals surface area contributed by atoms with Crippen molar-refractivity contribution in [2.24, 2.45) is 0 Å². The van der Waals surface area contributed by atoms with Gasteiger partial charge in [0.05, 0.1) is 9.60 Å². The Labute approximate surface area is 323 Å². The van der Waals surface area contributed by atoms with E-state index in [0.29, 0.717) is 23.0 Å². The predicted molar refractivity (Wildman–Crippen MR) is 225 cm³/mol. The molecule has 0 radical (unpaired) electrons. The third-order valence-corrected chi connectivity index (χ3v) is 9.77. The number of benzene rings is 9. The van der Waals surface area contributed by atoms with Crippen LogP contribution in [0.4, 0.5) is 0 Å². The summed E-state index contributed by atoms with van der Waals surface area (Å²) in [6.45, 7) is 0. The maximum absolute atomic E-state index is 9.07. The lowest BCUT2D eigenvalue weighted by atomic mass is 9.90. The fraction of sp³-hybridized carbons (Fsp3) is 0. The highest BCUT2D eigenvalue weighted by molar-refractivity contribution is 6.04. The van der Waals surface area contributed by atoms with Crippen LogP contribution < -0.4 is 0 Å². The minimum absolute atomic E-state index is 0.0449. The Balaban J connectivity index is 1.14. The van der Waals surface area contributed by atoms with Crippen molar-refractivity contribution in [3.63, 3.8) is 0 Å². The zero-order valence-corrected chi connectivity index (χ0v) is 28.9. The smallest absolute Gasteiger partial charge is 0.164 e. The molecule has 3 nitrogen and oxygen atoms in total. The van der Waals surface area contributed by atoms with Crippen molar-refractivity contribution in [1.82, 2.24) is 15.0 Å². The van der Waals surface area contributed by atoms with E-state index in [9.17, 15) is 0 Å². The number of aromatic nitrogens is 3. The van der Waals surface area contributed by atoms with Crippen molar-refractivity contribution in [3.05, 3.63) is 200 Å². The van der Waals surface area contributed by atoms with Gasteiger partial charge >= 0.3 is 0 Å². The molecule has 54 heavy (non-hydrogen) atoms. The molecule has 0 aliphatic rings. The topological polar surface area (TPSA) is 38.7 Å². The van der Waals surface area contributed by atoms with Gasteiger partial charge in [0.2, 0.25) is 0 Å². The molecule has 0 fully saturated rings. The Kier molecular flexibility index (Phi) is 6.17. The second kappa shape index (κ2) is 13.4. The lowest BCUT2D eigenvalue weighted by molar-refractivity contribution is 1.07. The highest BCUT2D eigenvalue weighted by Gasteiger charge is 2.15. The van der Waals surface area contributed by atoms with Crippen LogP contribution in [0.1, 0.15) is 9.60 Å². The molecule has 3 heteroatoms. The van der Waals surface area contributed by atoms with Crippen LogP contribution in [0.15, 0.2) is 200 Å². The molecule has 0 saturated heterocycles. The quantitative estimate of drug-likeness (QED) is 0.174. The normalized spacial score (nSPS) is 13.1. The van der Waals surface area contributed by atoms with E-state index in [1.807, 2.05) is 115 Å². The lowest BCUT2D eigenvalue weighted by Crippen LogP contribution is -2.00. The molecule has 0 saturated carbocycles. The van der Waals surface area contributed by atoms with Crippen LogP contribution >= 0.6 is 0 Å². The average molecular weight is 695 g/mol. The summed E-state index contributed by atoms with van der Waals surface area (Å²) in [5.74, 6) is 1.53. The van der Waals surface area contributed by atoms with Crippen LogP contribution in [0.25, 0.3) is 99.9 Å². The van der Waals surface area contributed by atoms with Gasteiger partial charge < -0.3 is 0 Å². The van der Waals surface area contributed by atoms with Crippen molar-refractivity contribution in [2.75, 3.05) is 0 Å². The molecule has 0 spiro atoms. The largest absolute Gasteiger partial charge is 0.208 e. The predicted octanol–water partition coefficient (Wildman–Crippen LogP) is 13.3.